The zero-order valence-electron chi connectivity index (χ0n) is 18.6. The van der Waals surface area contributed by atoms with Crippen LogP contribution in [-0.2, 0) is 4.79 Å². The number of carbonyl (C=O) groups excluding carboxylic acids is 2. The Balaban J connectivity index is 1.95. The van der Waals surface area contributed by atoms with Gasteiger partial charge in [-0.15, -0.1) is 0 Å². The van der Waals surface area contributed by atoms with Crippen molar-refractivity contribution in [3.63, 3.8) is 0 Å². The summed E-state index contributed by atoms with van der Waals surface area (Å²) in [5.41, 5.74) is 3.76. The van der Waals surface area contributed by atoms with Crippen LogP contribution in [0.15, 0.2) is 53.6 Å². The summed E-state index contributed by atoms with van der Waals surface area (Å²) < 4.78 is 10.8. The predicted molar refractivity (Wildman–Crippen MR) is 122 cm³/mol. The summed E-state index contributed by atoms with van der Waals surface area (Å²) in [5, 5.41) is 6.81. The van der Waals surface area contributed by atoms with E-state index < -0.39 is 6.04 Å². The Bertz CT molecular complexity index is 879. The van der Waals surface area contributed by atoms with Crippen molar-refractivity contribution in [1.29, 1.82) is 0 Å². The fraction of sp³-hybridized carbons (Fsp3) is 0.375. The molecule has 2 amide bonds. The van der Waals surface area contributed by atoms with Gasteiger partial charge in [0.1, 0.15) is 17.5 Å². The highest BCUT2D eigenvalue weighted by atomic mass is 16.5. The van der Waals surface area contributed by atoms with Gasteiger partial charge in [-0.1, -0.05) is 39.3 Å². The lowest BCUT2D eigenvalue weighted by Crippen LogP contribution is -2.48. The van der Waals surface area contributed by atoms with Crippen LogP contribution in [-0.4, -0.2) is 37.8 Å². The van der Waals surface area contributed by atoms with Crippen LogP contribution in [0.3, 0.4) is 0 Å². The lowest BCUT2D eigenvalue weighted by atomic mass is 10.0. The van der Waals surface area contributed by atoms with Gasteiger partial charge in [0.2, 0.25) is 0 Å². The second-order valence-electron chi connectivity index (χ2n) is 7.43. The molecular formula is C24H31N3O4. The molecule has 2 N–H and O–H groups in total. The molecule has 0 aliphatic heterocycles. The molecule has 1 unspecified atom stereocenters. The number of hydrazone groups is 1. The summed E-state index contributed by atoms with van der Waals surface area (Å²) in [4.78, 5) is 25.1. The summed E-state index contributed by atoms with van der Waals surface area (Å²) in [6.45, 7) is 6.50. The zero-order chi connectivity index (χ0) is 22.6. The average Bonchev–Trinajstić information content (AvgIpc) is 2.77. The third-order valence-electron chi connectivity index (χ3n) is 4.60. The molecule has 7 nitrogen and oxygen atoms in total. The first kappa shape index (κ1) is 23.9. The van der Waals surface area contributed by atoms with E-state index in [-0.39, 0.29) is 17.7 Å². The highest BCUT2D eigenvalue weighted by molar-refractivity contribution is 5.97. The number of hydrogen-bond acceptors (Lipinski definition) is 5. The van der Waals surface area contributed by atoms with Gasteiger partial charge in [-0.05, 0) is 54.3 Å². The average molecular weight is 426 g/mol. The van der Waals surface area contributed by atoms with Gasteiger partial charge >= 0.3 is 0 Å². The molecule has 0 aliphatic carbocycles. The molecule has 0 aromatic heterocycles. The maximum atomic E-state index is 12.6. The predicted octanol–water partition coefficient (Wildman–Crippen LogP) is 3.78. The number of nitrogens with one attached hydrogen (secondary N) is 2. The number of rotatable bonds is 11. The highest BCUT2D eigenvalue weighted by Gasteiger charge is 2.24. The van der Waals surface area contributed by atoms with E-state index in [0.29, 0.717) is 17.9 Å². The summed E-state index contributed by atoms with van der Waals surface area (Å²) in [7, 11) is 1.56. The van der Waals surface area contributed by atoms with Crippen molar-refractivity contribution in [1.82, 2.24) is 10.7 Å². The number of amides is 2. The van der Waals surface area contributed by atoms with Crippen LogP contribution in [0.2, 0.25) is 0 Å². The Morgan fingerprint density at radius 3 is 2.48 bits per heavy atom. The van der Waals surface area contributed by atoms with Gasteiger partial charge in [0, 0.05) is 5.56 Å². The second-order valence-corrected chi connectivity index (χ2v) is 7.43. The summed E-state index contributed by atoms with van der Waals surface area (Å²) >= 11 is 0. The fourth-order valence-corrected chi connectivity index (χ4v) is 2.76. The van der Waals surface area contributed by atoms with E-state index in [2.05, 4.69) is 22.8 Å². The third kappa shape index (κ3) is 7.77. The topological polar surface area (TPSA) is 89.0 Å². The Morgan fingerprint density at radius 2 is 1.84 bits per heavy atom. The van der Waals surface area contributed by atoms with Gasteiger partial charge in [-0.3, -0.25) is 9.59 Å². The number of ether oxygens (including phenoxy) is 2. The summed E-state index contributed by atoms with van der Waals surface area (Å²) in [6, 6.07) is 13.5. The van der Waals surface area contributed by atoms with E-state index in [9.17, 15) is 9.59 Å². The number of benzene rings is 2. The van der Waals surface area contributed by atoms with E-state index in [1.807, 2.05) is 38.1 Å². The molecule has 0 fully saturated rings. The first-order valence-electron chi connectivity index (χ1n) is 10.4. The van der Waals surface area contributed by atoms with Gasteiger partial charge in [0.05, 0.1) is 19.9 Å². The summed E-state index contributed by atoms with van der Waals surface area (Å²) in [6.07, 6.45) is 3.61. The lowest BCUT2D eigenvalue weighted by molar-refractivity contribution is -0.123. The Labute approximate surface area is 183 Å². The number of methoxy groups -OCH3 is 1. The second kappa shape index (κ2) is 12.4. The monoisotopic (exact) mass is 425 g/mol. The molecule has 0 saturated carbocycles. The molecule has 0 saturated heterocycles. The normalized spacial score (nSPS) is 11.9. The molecule has 166 valence electrons. The van der Waals surface area contributed by atoms with E-state index >= 15 is 0 Å². The maximum absolute atomic E-state index is 12.6. The number of carbonyl (C=O) groups is 2. The quantitative estimate of drug-likeness (QED) is 0.326. The Kier molecular flexibility index (Phi) is 9.55. The molecule has 2 aromatic carbocycles. The molecule has 31 heavy (non-hydrogen) atoms. The first-order chi connectivity index (χ1) is 14.9. The SMILES string of the molecule is CCCCOc1cccc(C=NNC(=O)C(NC(=O)c2ccc(OC)cc2)C(C)C)c1. The van der Waals surface area contributed by atoms with Gasteiger partial charge in [-0.2, -0.15) is 5.10 Å². The fourth-order valence-electron chi connectivity index (χ4n) is 2.76. The first-order valence-corrected chi connectivity index (χ1v) is 10.4. The van der Waals surface area contributed by atoms with E-state index in [1.54, 1.807) is 37.6 Å². The van der Waals surface area contributed by atoms with E-state index in [4.69, 9.17) is 9.47 Å². The third-order valence-corrected chi connectivity index (χ3v) is 4.60. The maximum Gasteiger partial charge on any atom is 0.262 e. The van der Waals surface area contributed by atoms with Crippen LogP contribution in [0.25, 0.3) is 0 Å². The minimum absolute atomic E-state index is 0.118. The van der Waals surface area contributed by atoms with Gasteiger partial charge < -0.3 is 14.8 Å². The number of hydrogen-bond donors (Lipinski definition) is 2. The van der Waals surface area contributed by atoms with Crippen molar-refractivity contribution >= 4 is 18.0 Å². The van der Waals surface area contributed by atoms with Crippen molar-refractivity contribution in [3.05, 3.63) is 59.7 Å². The van der Waals surface area contributed by atoms with Gasteiger partial charge in [0.15, 0.2) is 0 Å². The van der Waals surface area contributed by atoms with Crippen molar-refractivity contribution < 1.29 is 19.1 Å². The standard InChI is InChI=1S/C24H31N3O4/c1-5-6-14-31-21-9-7-8-18(15-21)16-25-27-24(29)22(17(2)3)26-23(28)19-10-12-20(30-4)13-11-19/h7-13,15-17,22H,5-6,14H2,1-4H3,(H,26,28)(H,27,29). The van der Waals surface area contributed by atoms with Crippen molar-refractivity contribution in [2.45, 2.75) is 39.7 Å². The molecule has 0 heterocycles. The van der Waals surface area contributed by atoms with Gasteiger partial charge in [0.25, 0.3) is 11.8 Å². The highest BCUT2D eigenvalue weighted by Crippen LogP contribution is 2.13. The Hall–Kier alpha value is -3.35. The number of unbranched alkanes of at least 4 members (excludes halogenated alkanes) is 1. The van der Waals surface area contributed by atoms with Crippen LogP contribution in [0.5, 0.6) is 11.5 Å². The van der Waals surface area contributed by atoms with Crippen molar-refractivity contribution in [2.75, 3.05) is 13.7 Å². The van der Waals surface area contributed by atoms with E-state index in [1.165, 1.54) is 0 Å². The largest absolute Gasteiger partial charge is 0.497 e. The molecule has 2 rings (SSSR count). The molecule has 2 aromatic rings. The molecule has 0 radical (unpaired) electrons. The van der Waals surface area contributed by atoms with Crippen LogP contribution in [0, 0.1) is 5.92 Å². The number of nitrogens with zero attached hydrogens (tertiary/aromatic N) is 1. The van der Waals surface area contributed by atoms with Crippen molar-refractivity contribution in [2.24, 2.45) is 11.0 Å². The molecular weight excluding hydrogens is 394 g/mol. The van der Waals surface area contributed by atoms with Crippen LogP contribution < -0.4 is 20.2 Å². The van der Waals surface area contributed by atoms with Crippen LogP contribution in [0.4, 0.5) is 0 Å². The minimum atomic E-state index is -0.726. The zero-order valence-corrected chi connectivity index (χ0v) is 18.6. The summed E-state index contributed by atoms with van der Waals surface area (Å²) in [5.74, 6) is 0.577. The van der Waals surface area contributed by atoms with Crippen molar-refractivity contribution in [3.8, 4) is 11.5 Å². The smallest absolute Gasteiger partial charge is 0.262 e. The Morgan fingerprint density at radius 1 is 1.10 bits per heavy atom. The molecule has 0 aliphatic rings. The lowest BCUT2D eigenvalue weighted by Gasteiger charge is -2.20. The van der Waals surface area contributed by atoms with E-state index in [0.717, 1.165) is 24.2 Å². The molecule has 0 spiro atoms. The minimum Gasteiger partial charge on any atom is -0.497 e. The van der Waals surface area contributed by atoms with Crippen LogP contribution >= 0.6 is 0 Å². The molecule has 7 heteroatoms. The van der Waals surface area contributed by atoms with Crippen LogP contribution in [0.1, 0.15) is 49.5 Å². The van der Waals surface area contributed by atoms with Gasteiger partial charge in [-0.25, -0.2) is 5.43 Å². The molecule has 1 atom stereocenters. The molecule has 0 bridgehead atoms.